The molecule has 0 heterocycles. The van der Waals surface area contributed by atoms with Gasteiger partial charge in [-0.05, 0) is 27.2 Å². The van der Waals surface area contributed by atoms with Gasteiger partial charge < -0.3 is 20.5 Å². The van der Waals surface area contributed by atoms with Crippen LogP contribution in [0.4, 0.5) is 4.79 Å². The van der Waals surface area contributed by atoms with Crippen molar-refractivity contribution in [2.45, 2.75) is 52.2 Å². The lowest BCUT2D eigenvalue weighted by molar-refractivity contribution is -0.141. The lowest BCUT2D eigenvalue weighted by Crippen LogP contribution is -2.46. The van der Waals surface area contributed by atoms with Gasteiger partial charge in [0, 0.05) is 0 Å². The second-order valence-corrected chi connectivity index (χ2v) is 5.10. The highest BCUT2D eigenvalue weighted by atomic mass is 16.6. The van der Waals surface area contributed by atoms with Gasteiger partial charge in [-0.25, -0.2) is 9.59 Å². The fourth-order valence-corrected chi connectivity index (χ4v) is 1.26. The molecule has 1 atom stereocenters. The van der Waals surface area contributed by atoms with Gasteiger partial charge in [0.25, 0.3) is 0 Å². The predicted octanol–water partition coefficient (Wildman–Crippen LogP) is 0.881. The molecule has 0 saturated heterocycles. The van der Waals surface area contributed by atoms with Crippen LogP contribution in [0, 0.1) is 0 Å². The Bertz CT molecular complexity index is 336. The highest BCUT2D eigenvalue weighted by Crippen LogP contribution is 2.06. The van der Waals surface area contributed by atoms with Gasteiger partial charge in [-0.15, -0.1) is 0 Å². The van der Waals surface area contributed by atoms with Gasteiger partial charge in [-0.3, -0.25) is 4.79 Å². The van der Waals surface area contributed by atoms with E-state index in [1.54, 1.807) is 20.8 Å². The van der Waals surface area contributed by atoms with E-state index in [9.17, 15) is 14.4 Å². The summed E-state index contributed by atoms with van der Waals surface area (Å²) in [5.41, 5.74) is -0.646. The Morgan fingerprint density at radius 2 is 1.84 bits per heavy atom. The molecule has 0 rings (SSSR count). The number of amides is 2. The van der Waals surface area contributed by atoms with Crippen LogP contribution in [0.25, 0.3) is 0 Å². The number of carboxylic acid groups (broad SMARTS) is 1. The molecule has 3 N–H and O–H groups in total. The molecule has 0 fully saturated rings. The van der Waals surface area contributed by atoms with Gasteiger partial charge >= 0.3 is 12.1 Å². The van der Waals surface area contributed by atoms with Crippen molar-refractivity contribution in [2.75, 3.05) is 6.54 Å². The number of hydrogen-bond acceptors (Lipinski definition) is 4. The number of rotatable bonds is 6. The van der Waals surface area contributed by atoms with Crippen molar-refractivity contribution in [1.29, 1.82) is 0 Å². The number of alkyl carbamates (subject to hydrolysis) is 1. The minimum Gasteiger partial charge on any atom is -0.480 e. The van der Waals surface area contributed by atoms with Crippen molar-refractivity contribution in [3.63, 3.8) is 0 Å². The summed E-state index contributed by atoms with van der Waals surface area (Å²) in [5.74, 6) is -1.65. The predicted molar refractivity (Wildman–Crippen MR) is 68.7 cm³/mol. The van der Waals surface area contributed by atoms with Crippen LogP contribution in [0.15, 0.2) is 0 Å². The largest absolute Gasteiger partial charge is 0.480 e. The van der Waals surface area contributed by atoms with Crippen LogP contribution < -0.4 is 10.6 Å². The Hall–Kier alpha value is -1.79. The van der Waals surface area contributed by atoms with Gasteiger partial charge in [0.1, 0.15) is 18.2 Å². The van der Waals surface area contributed by atoms with Gasteiger partial charge in [-0.2, -0.15) is 0 Å². The first-order valence-corrected chi connectivity index (χ1v) is 6.14. The van der Waals surface area contributed by atoms with E-state index < -0.39 is 29.6 Å². The average Bonchev–Trinajstić information content (AvgIpc) is 2.23. The summed E-state index contributed by atoms with van der Waals surface area (Å²) in [5, 5.41) is 13.4. The minimum absolute atomic E-state index is 0.317. The third-order valence-electron chi connectivity index (χ3n) is 2.00. The summed E-state index contributed by atoms with van der Waals surface area (Å²) < 4.78 is 4.94. The van der Waals surface area contributed by atoms with Crippen molar-refractivity contribution in [2.24, 2.45) is 0 Å². The number of carbonyl (C=O) groups is 3. The molecule has 0 aliphatic heterocycles. The summed E-state index contributed by atoms with van der Waals surface area (Å²) in [7, 11) is 0. The fourth-order valence-electron chi connectivity index (χ4n) is 1.26. The van der Waals surface area contributed by atoms with Crippen LogP contribution in [0.5, 0.6) is 0 Å². The van der Waals surface area contributed by atoms with E-state index in [2.05, 4.69) is 10.6 Å². The first kappa shape index (κ1) is 17.2. The molecule has 0 aliphatic carbocycles. The maximum absolute atomic E-state index is 11.5. The molecule has 19 heavy (non-hydrogen) atoms. The van der Waals surface area contributed by atoms with Crippen LogP contribution in [0.2, 0.25) is 0 Å². The van der Waals surface area contributed by atoms with Gasteiger partial charge in [0.2, 0.25) is 5.91 Å². The molecule has 0 spiro atoms. The summed E-state index contributed by atoms with van der Waals surface area (Å²) in [6.45, 7) is 6.61. The number of ether oxygens (including phenoxy) is 1. The van der Waals surface area contributed by atoms with E-state index in [1.165, 1.54) is 0 Å². The summed E-state index contributed by atoms with van der Waals surface area (Å²) >= 11 is 0. The average molecular weight is 274 g/mol. The molecule has 110 valence electrons. The second-order valence-electron chi connectivity index (χ2n) is 5.10. The third kappa shape index (κ3) is 8.87. The van der Waals surface area contributed by atoms with Crippen molar-refractivity contribution in [1.82, 2.24) is 10.6 Å². The Labute approximate surface area is 112 Å². The van der Waals surface area contributed by atoms with E-state index in [0.29, 0.717) is 12.8 Å². The zero-order valence-corrected chi connectivity index (χ0v) is 11.8. The molecule has 0 bridgehead atoms. The van der Waals surface area contributed by atoms with Gasteiger partial charge in [0.15, 0.2) is 0 Å². The lowest BCUT2D eigenvalue weighted by atomic mass is 10.1. The molecule has 0 aromatic rings. The van der Waals surface area contributed by atoms with Crippen LogP contribution in [0.1, 0.15) is 40.5 Å². The Kier molecular flexibility index (Phi) is 6.89. The van der Waals surface area contributed by atoms with Crippen LogP contribution in [-0.2, 0) is 14.3 Å². The molecule has 7 nitrogen and oxygen atoms in total. The van der Waals surface area contributed by atoms with Crippen LogP contribution in [-0.4, -0.2) is 41.3 Å². The van der Waals surface area contributed by atoms with E-state index in [1.807, 2.05) is 6.92 Å². The molecule has 2 amide bonds. The first-order chi connectivity index (χ1) is 8.65. The molecule has 0 aromatic carbocycles. The Morgan fingerprint density at radius 3 is 2.26 bits per heavy atom. The summed E-state index contributed by atoms with van der Waals surface area (Å²) in [6.07, 6.45) is 0.259. The first-order valence-electron chi connectivity index (χ1n) is 6.14. The van der Waals surface area contributed by atoms with Crippen molar-refractivity contribution in [3.05, 3.63) is 0 Å². The molecular weight excluding hydrogens is 252 g/mol. The molecule has 0 saturated carbocycles. The molecule has 7 heteroatoms. The van der Waals surface area contributed by atoms with E-state index >= 15 is 0 Å². The Morgan fingerprint density at radius 1 is 1.26 bits per heavy atom. The van der Waals surface area contributed by atoms with Crippen LogP contribution >= 0.6 is 0 Å². The molecule has 0 aromatic heterocycles. The lowest BCUT2D eigenvalue weighted by Gasteiger charge is -2.20. The molecule has 0 radical (unpaired) electrons. The summed E-state index contributed by atoms with van der Waals surface area (Å²) in [6, 6.07) is -0.932. The molecule has 0 aliphatic rings. The van der Waals surface area contributed by atoms with Gasteiger partial charge in [0.05, 0.1) is 0 Å². The van der Waals surface area contributed by atoms with Crippen molar-refractivity contribution in [3.8, 4) is 0 Å². The number of hydrogen-bond donors (Lipinski definition) is 3. The molecule has 1 unspecified atom stereocenters. The number of carbonyl (C=O) groups excluding carboxylic acids is 2. The highest BCUT2D eigenvalue weighted by molar-refractivity contribution is 5.86. The van der Waals surface area contributed by atoms with E-state index in [0.717, 1.165) is 0 Å². The Balaban J connectivity index is 4.11. The number of aliphatic carboxylic acids is 1. The zero-order valence-electron chi connectivity index (χ0n) is 11.8. The highest BCUT2D eigenvalue weighted by Gasteiger charge is 2.20. The second kappa shape index (κ2) is 7.60. The SMILES string of the molecule is CCCC(NC(=O)CNC(=O)OC(C)(C)C)C(=O)O. The monoisotopic (exact) mass is 274 g/mol. The van der Waals surface area contributed by atoms with E-state index in [4.69, 9.17) is 9.84 Å². The molecular formula is C12H22N2O5. The zero-order chi connectivity index (χ0) is 15.1. The van der Waals surface area contributed by atoms with Crippen molar-refractivity contribution >= 4 is 18.0 Å². The van der Waals surface area contributed by atoms with E-state index in [-0.39, 0.29) is 6.54 Å². The van der Waals surface area contributed by atoms with Gasteiger partial charge in [-0.1, -0.05) is 13.3 Å². The topological polar surface area (TPSA) is 105 Å². The smallest absolute Gasteiger partial charge is 0.408 e. The minimum atomic E-state index is -1.09. The third-order valence-corrected chi connectivity index (χ3v) is 2.00. The van der Waals surface area contributed by atoms with Crippen molar-refractivity contribution < 1.29 is 24.2 Å². The summed E-state index contributed by atoms with van der Waals surface area (Å²) in [4.78, 5) is 33.6. The number of nitrogens with one attached hydrogen (secondary N) is 2. The quantitative estimate of drug-likeness (QED) is 0.667. The van der Waals surface area contributed by atoms with Crippen LogP contribution in [0.3, 0.4) is 0 Å². The normalized spacial score (nSPS) is 12.4. The fraction of sp³-hybridized carbons (Fsp3) is 0.750. The standard InChI is InChI=1S/C12H22N2O5/c1-5-6-8(10(16)17)14-9(15)7-13-11(18)19-12(2,3)4/h8H,5-7H2,1-4H3,(H,13,18)(H,14,15)(H,16,17). The maximum atomic E-state index is 11.5. The maximum Gasteiger partial charge on any atom is 0.408 e. The number of carboxylic acids is 1.